The molecule has 2 atom stereocenters. The standard InChI is InChI=1S/C11H20N2O/c1-4-14-9(2)7-11(3,8-12)13-10-5-6-10/h9-10,13H,4-7H2,1-3H3. The lowest BCUT2D eigenvalue weighted by molar-refractivity contribution is 0.0565. The lowest BCUT2D eigenvalue weighted by Crippen LogP contribution is -2.44. The average Bonchev–Trinajstić information content (AvgIpc) is 2.88. The zero-order valence-electron chi connectivity index (χ0n) is 9.34. The molecule has 0 aromatic carbocycles. The van der Waals surface area contributed by atoms with Crippen molar-refractivity contribution in [2.45, 2.75) is 57.7 Å². The first-order valence-electron chi connectivity index (χ1n) is 5.40. The van der Waals surface area contributed by atoms with Gasteiger partial charge < -0.3 is 4.74 Å². The molecular weight excluding hydrogens is 176 g/mol. The Morgan fingerprint density at radius 3 is 2.71 bits per heavy atom. The van der Waals surface area contributed by atoms with Crippen LogP contribution in [-0.2, 0) is 4.74 Å². The van der Waals surface area contributed by atoms with Gasteiger partial charge in [-0.3, -0.25) is 5.32 Å². The molecular formula is C11H20N2O. The van der Waals surface area contributed by atoms with Crippen LogP contribution in [0.1, 0.15) is 40.0 Å². The summed E-state index contributed by atoms with van der Waals surface area (Å²) in [7, 11) is 0. The Balaban J connectivity index is 2.38. The van der Waals surface area contributed by atoms with Gasteiger partial charge in [0.05, 0.1) is 12.2 Å². The predicted molar refractivity (Wildman–Crippen MR) is 55.9 cm³/mol. The first kappa shape index (κ1) is 11.5. The van der Waals surface area contributed by atoms with Crippen LogP contribution in [0.4, 0.5) is 0 Å². The third-order valence-corrected chi connectivity index (χ3v) is 2.49. The van der Waals surface area contributed by atoms with Crippen LogP contribution in [0.5, 0.6) is 0 Å². The normalized spacial score (nSPS) is 22.4. The summed E-state index contributed by atoms with van der Waals surface area (Å²) in [5.41, 5.74) is -0.421. The summed E-state index contributed by atoms with van der Waals surface area (Å²) in [5.74, 6) is 0. The maximum Gasteiger partial charge on any atom is 0.106 e. The van der Waals surface area contributed by atoms with Gasteiger partial charge >= 0.3 is 0 Å². The predicted octanol–water partition coefficient (Wildman–Crippen LogP) is 1.84. The van der Waals surface area contributed by atoms with Gasteiger partial charge in [-0.2, -0.15) is 5.26 Å². The van der Waals surface area contributed by atoms with Crippen molar-refractivity contribution in [1.82, 2.24) is 5.32 Å². The van der Waals surface area contributed by atoms with Crippen molar-refractivity contribution in [3.8, 4) is 6.07 Å². The van der Waals surface area contributed by atoms with E-state index in [9.17, 15) is 0 Å². The highest BCUT2D eigenvalue weighted by Gasteiger charge is 2.33. The van der Waals surface area contributed by atoms with Crippen molar-refractivity contribution in [3.63, 3.8) is 0 Å². The SMILES string of the molecule is CCOC(C)CC(C)(C#N)NC1CC1. The van der Waals surface area contributed by atoms with E-state index in [2.05, 4.69) is 11.4 Å². The maximum absolute atomic E-state index is 9.11. The van der Waals surface area contributed by atoms with E-state index in [4.69, 9.17) is 10.00 Å². The highest BCUT2D eigenvalue weighted by molar-refractivity contribution is 5.07. The minimum absolute atomic E-state index is 0.149. The number of rotatable bonds is 6. The molecule has 1 saturated carbocycles. The molecule has 0 heterocycles. The molecule has 3 heteroatoms. The highest BCUT2D eigenvalue weighted by atomic mass is 16.5. The highest BCUT2D eigenvalue weighted by Crippen LogP contribution is 2.24. The first-order chi connectivity index (χ1) is 6.59. The largest absolute Gasteiger partial charge is 0.379 e. The third-order valence-electron chi connectivity index (χ3n) is 2.49. The molecule has 14 heavy (non-hydrogen) atoms. The minimum atomic E-state index is -0.421. The van der Waals surface area contributed by atoms with E-state index in [1.165, 1.54) is 12.8 Å². The molecule has 1 fully saturated rings. The van der Waals surface area contributed by atoms with Gasteiger partial charge in [-0.15, -0.1) is 0 Å². The van der Waals surface area contributed by atoms with Gasteiger partial charge in [0, 0.05) is 19.1 Å². The van der Waals surface area contributed by atoms with E-state index in [-0.39, 0.29) is 6.10 Å². The molecule has 0 aromatic rings. The van der Waals surface area contributed by atoms with E-state index in [1.807, 2.05) is 20.8 Å². The van der Waals surface area contributed by atoms with E-state index in [0.29, 0.717) is 12.6 Å². The van der Waals surface area contributed by atoms with Gasteiger partial charge in [0.15, 0.2) is 0 Å². The Labute approximate surface area is 86.4 Å². The van der Waals surface area contributed by atoms with Gasteiger partial charge in [0.2, 0.25) is 0 Å². The molecule has 1 N–H and O–H groups in total. The van der Waals surface area contributed by atoms with Crippen LogP contribution in [0.25, 0.3) is 0 Å². The molecule has 3 nitrogen and oxygen atoms in total. The Hall–Kier alpha value is -0.590. The Morgan fingerprint density at radius 2 is 2.29 bits per heavy atom. The fraction of sp³-hybridized carbons (Fsp3) is 0.909. The average molecular weight is 196 g/mol. The number of nitrogens with zero attached hydrogens (tertiary/aromatic N) is 1. The summed E-state index contributed by atoms with van der Waals surface area (Å²) in [4.78, 5) is 0. The van der Waals surface area contributed by atoms with E-state index in [1.54, 1.807) is 0 Å². The third kappa shape index (κ3) is 3.65. The van der Waals surface area contributed by atoms with Crippen LogP contribution in [0.15, 0.2) is 0 Å². The summed E-state index contributed by atoms with van der Waals surface area (Å²) in [6.07, 6.45) is 3.32. The zero-order valence-corrected chi connectivity index (χ0v) is 9.34. The molecule has 0 radical (unpaired) electrons. The van der Waals surface area contributed by atoms with Gasteiger partial charge in [0.1, 0.15) is 5.54 Å². The molecule has 0 bridgehead atoms. The molecule has 1 aliphatic rings. The van der Waals surface area contributed by atoms with E-state index >= 15 is 0 Å². The molecule has 0 aromatic heterocycles. The molecule has 1 aliphatic carbocycles. The monoisotopic (exact) mass is 196 g/mol. The maximum atomic E-state index is 9.11. The lowest BCUT2D eigenvalue weighted by Gasteiger charge is -2.26. The van der Waals surface area contributed by atoms with Crippen LogP contribution >= 0.6 is 0 Å². The summed E-state index contributed by atoms with van der Waals surface area (Å²) in [5, 5.41) is 12.5. The quantitative estimate of drug-likeness (QED) is 0.705. The first-order valence-corrected chi connectivity index (χ1v) is 5.40. The van der Waals surface area contributed by atoms with Crippen molar-refractivity contribution in [1.29, 1.82) is 5.26 Å². The van der Waals surface area contributed by atoms with Gasteiger partial charge in [0.25, 0.3) is 0 Å². The zero-order chi connectivity index (χ0) is 10.6. The smallest absolute Gasteiger partial charge is 0.106 e. The van der Waals surface area contributed by atoms with Crippen molar-refractivity contribution in [2.75, 3.05) is 6.61 Å². The summed E-state index contributed by atoms with van der Waals surface area (Å²) in [6.45, 7) is 6.68. The van der Waals surface area contributed by atoms with Gasteiger partial charge in [-0.05, 0) is 33.6 Å². The van der Waals surface area contributed by atoms with Crippen molar-refractivity contribution < 1.29 is 4.74 Å². The fourth-order valence-electron chi connectivity index (χ4n) is 1.73. The summed E-state index contributed by atoms with van der Waals surface area (Å²) < 4.78 is 5.45. The van der Waals surface area contributed by atoms with Crippen LogP contribution in [0.2, 0.25) is 0 Å². The number of hydrogen-bond donors (Lipinski definition) is 1. The second-order valence-corrected chi connectivity index (χ2v) is 4.33. The molecule has 0 saturated heterocycles. The van der Waals surface area contributed by atoms with Crippen molar-refractivity contribution >= 4 is 0 Å². The fourth-order valence-corrected chi connectivity index (χ4v) is 1.73. The van der Waals surface area contributed by atoms with Gasteiger partial charge in [-0.1, -0.05) is 0 Å². The van der Waals surface area contributed by atoms with E-state index in [0.717, 1.165) is 6.42 Å². The topological polar surface area (TPSA) is 45.0 Å². The van der Waals surface area contributed by atoms with Crippen LogP contribution < -0.4 is 5.32 Å². The van der Waals surface area contributed by atoms with Crippen LogP contribution in [0, 0.1) is 11.3 Å². The number of hydrogen-bond acceptors (Lipinski definition) is 3. The number of nitrogens with one attached hydrogen (secondary N) is 1. The molecule has 0 amide bonds. The second kappa shape index (κ2) is 4.77. The number of nitriles is 1. The minimum Gasteiger partial charge on any atom is -0.379 e. The van der Waals surface area contributed by atoms with E-state index < -0.39 is 5.54 Å². The second-order valence-electron chi connectivity index (χ2n) is 4.33. The Morgan fingerprint density at radius 1 is 1.64 bits per heavy atom. The Bertz CT molecular complexity index is 220. The molecule has 0 spiro atoms. The molecule has 2 unspecified atom stereocenters. The lowest BCUT2D eigenvalue weighted by atomic mass is 9.96. The summed E-state index contributed by atoms with van der Waals surface area (Å²) >= 11 is 0. The van der Waals surface area contributed by atoms with Crippen molar-refractivity contribution in [3.05, 3.63) is 0 Å². The Kier molecular flexibility index (Phi) is 3.91. The molecule has 0 aliphatic heterocycles. The summed E-state index contributed by atoms with van der Waals surface area (Å²) in [6, 6.07) is 2.91. The van der Waals surface area contributed by atoms with Crippen LogP contribution in [0.3, 0.4) is 0 Å². The molecule has 1 rings (SSSR count). The van der Waals surface area contributed by atoms with Crippen LogP contribution in [-0.4, -0.2) is 24.3 Å². The van der Waals surface area contributed by atoms with Gasteiger partial charge in [-0.25, -0.2) is 0 Å². The number of ether oxygens (including phenoxy) is 1. The van der Waals surface area contributed by atoms with Crippen molar-refractivity contribution in [2.24, 2.45) is 0 Å². The molecule has 80 valence electrons.